The van der Waals surface area contributed by atoms with E-state index in [0.717, 1.165) is 5.56 Å². The van der Waals surface area contributed by atoms with Gasteiger partial charge in [-0.2, -0.15) is 5.26 Å². The van der Waals surface area contributed by atoms with Gasteiger partial charge in [0.25, 0.3) is 0 Å². The van der Waals surface area contributed by atoms with Crippen molar-refractivity contribution >= 4 is 5.91 Å². The Kier molecular flexibility index (Phi) is 4.30. The summed E-state index contributed by atoms with van der Waals surface area (Å²) in [6.07, 6.45) is 3.64. The van der Waals surface area contributed by atoms with Crippen LogP contribution in [0, 0.1) is 17.2 Å². The van der Waals surface area contributed by atoms with Gasteiger partial charge in [-0.05, 0) is 11.6 Å². The van der Waals surface area contributed by atoms with E-state index in [-0.39, 0.29) is 18.2 Å². The van der Waals surface area contributed by atoms with Gasteiger partial charge in [0.05, 0.1) is 6.07 Å². The third kappa shape index (κ3) is 3.77. The van der Waals surface area contributed by atoms with Gasteiger partial charge in [0.1, 0.15) is 0 Å². The molecule has 0 aliphatic carbocycles. The monoisotopic (exact) mass is 203 g/mol. The number of amides is 1. The predicted molar refractivity (Wildman–Crippen MR) is 55.5 cm³/mol. The van der Waals surface area contributed by atoms with E-state index < -0.39 is 0 Å². The van der Waals surface area contributed by atoms with E-state index in [1.165, 1.54) is 0 Å². The van der Waals surface area contributed by atoms with Gasteiger partial charge < -0.3 is 5.32 Å². The Morgan fingerprint density at radius 1 is 1.73 bits per heavy atom. The molecule has 0 fully saturated rings. The van der Waals surface area contributed by atoms with Crippen molar-refractivity contribution in [2.24, 2.45) is 5.92 Å². The first-order valence-electron chi connectivity index (χ1n) is 4.77. The first kappa shape index (κ1) is 11.2. The average Bonchev–Trinajstić information content (AvgIpc) is 2.27. The largest absolute Gasteiger partial charge is 0.352 e. The van der Waals surface area contributed by atoms with Crippen LogP contribution in [-0.2, 0) is 11.3 Å². The summed E-state index contributed by atoms with van der Waals surface area (Å²) in [5.41, 5.74) is 0.954. The number of carbonyl (C=O) groups is 1. The maximum absolute atomic E-state index is 11.4. The summed E-state index contributed by atoms with van der Waals surface area (Å²) in [6, 6.07) is 5.68. The molecule has 0 spiro atoms. The van der Waals surface area contributed by atoms with Gasteiger partial charge >= 0.3 is 0 Å². The summed E-state index contributed by atoms with van der Waals surface area (Å²) in [4.78, 5) is 15.4. The molecule has 1 N–H and O–H groups in total. The van der Waals surface area contributed by atoms with Crippen molar-refractivity contribution in [3.05, 3.63) is 30.1 Å². The quantitative estimate of drug-likeness (QED) is 0.800. The van der Waals surface area contributed by atoms with Gasteiger partial charge in [-0.15, -0.1) is 0 Å². The summed E-state index contributed by atoms with van der Waals surface area (Å²) in [5.74, 6) is -0.355. The van der Waals surface area contributed by atoms with Crippen LogP contribution in [0.2, 0.25) is 0 Å². The van der Waals surface area contributed by atoms with Crippen molar-refractivity contribution in [3.63, 3.8) is 0 Å². The molecule has 15 heavy (non-hydrogen) atoms. The number of rotatable bonds is 4. The lowest BCUT2D eigenvalue weighted by Crippen LogP contribution is -2.28. The van der Waals surface area contributed by atoms with Gasteiger partial charge in [0.15, 0.2) is 0 Å². The van der Waals surface area contributed by atoms with Crippen molar-refractivity contribution in [3.8, 4) is 6.07 Å². The van der Waals surface area contributed by atoms with Gasteiger partial charge in [0.2, 0.25) is 5.91 Å². The second-order valence-corrected chi connectivity index (χ2v) is 3.34. The summed E-state index contributed by atoms with van der Waals surface area (Å²) in [5, 5.41) is 11.2. The minimum atomic E-state index is -0.258. The Hall–Kier alpha value is -1.89. The van der Waals surface area contributed by atoms with Crippen molar-refractivity contribution < 1.29 is 4.79 Å². The summed E-state index contributed by atoms with van der Waals surface area (Å²) >= 11 is 0. The van der Waals surface area contributed by atoms with E-state index in [2.05, 4.69) is 10.3 Å². The van der Waals surface area contributed by atoms with Crippen LogP contribution in [0.15, 0.2) is 24.5 Å². The van der Waals surface area contributed by atoms with Gasteiger partial charge in [0, 0.05) is 31.3 Å². The zero-order valence-electron chi connectivity index (χ0n) is 8.60. The maximum atomic E-state index is 11.4. The molecule has 0 bridgehead atoms. The molecule has 1 aromatic rings. The fourth-order valence-electron chi connectivity index (χ4n) is 1.10. The molecular weight excluding hydrogens is 190 g/mol. The number of nitriles is 1. The average molecular weight is 203 g/mol. The number of aromatic nitrogens is 1. The zero-order chi connectivity index (χ0) is 11.1. The van der Waals surface area contributed by atoms with Crippen LogP contribution in [0.1, 0.15) is 18.9 Å². The van der Waals surface area contributed by atoms with Crippen LogP contribution in [0.25, 0.3) is 0 Å². The molecule has 0 saturated carbocycles. The van der Waals surface area contributed by atoms with E-state index in [1.54, 1.807) is 19.3 Å². The van der Waals surface area contributed by atoms with Crippen LogP contribution in [0.5, 0.6) is 0 Å². The van der Waals surface area contributed by atoms with Gasteiger partial charge in [-0.25, -0.2) is 0 Å². The highest BCUT2D eigenvalue weighted by Crippen LogP contribution is 2.01. The SMILES string of the molecule is CC(CC#N)C(=O)NCc1cccnc1. The smallest absolute Gasteiger partial charge is 0.224 e. The topological polar surface area (TPSA) is 65.8 Å². The Bertz CT molecular complexity index is 356. The second-order valence-electron chi connectivity index (χ2n) is 3.34. The van der Waals surface area contributed by atoms with Crippen LogP contribution in [0.3, 0.4) is 0 Å². The molecule has 4 nitrogen and oxygen atoms in total. The molecule has 0 radical (unpaired) electrons. The van der Waals surface area contributed by atoms with Crippen LogP contribution < -0.4 is 5.32 Å². The molecule has 1 unspecified atom stereocenters. The first-order chi connectivity index (χ1) is 7.24. The lowest BCUT2D eigenvalue weighted by atomic mass is 10.1. The minimum absolute atomic E-state index is 0.0968. The second kappa shape index (κ2) is 5.76. The van der Waals surface area contributed by atoms with Crippen molar-refractivity contribution in [1.82, 2.24) is 10.3 Å². The molecule has 0 saturated heterocycles. The third-order valence-corrected chi connectivity index (χ3v) is 2.03. The molecule has 1 aromatic heterocycles. The Morgan fingerprint density at radius 3 is 3.13 bits per heavy atom. The fraction of sp³-hybridized carbons (Fsp3) is 0.364. The van der Waals surface area contributed by atoms with E-state index in [1.807, 2.05) is 18.2 Å². The molecule has 0 aliphatic heterocycles. The fourth-order valence-corrected chi connectivity index (χ4v) is 1.10. The lowest BCUT2D eigenvalue weighted by Gasteiger charge is -2.08. The maximum Gasteiger partial charge on any atom is 0.224 e. The van der Waals surface area contributed by atoms with E-state index in [0.29, 0.717) is 6.54 Å². The Morgan fingerprint density at radius 2 is 2.53 bits per heavy atom. The summed E-state index contributed by atoms with van der Waals surface area (Å²) < 4.78 is 0. The van der Waals surface area contributed by atoms with E-state index >= 15 is 0 Å². The normalized spacial score (nSPS) is 11.5. The lowest BCUT2D eigenvalue weighted by molar-refractivity contribution is -0.124. The van der Waals surface area contributed by atoms with E-state index in [4.69, 9.17) is 5.26 Å². The summed E-state index contributed by atoms with van der Waals surface area (Å²) in [7, 11) is 0. The Labute approximate surface area is 88.9 Å². The molecule has 1 heterocycles. The van der Waals surface area contributed by atoms with Crippen LogP contribution in [0.4, 0.5) is 0 Å². The number of hydrogen-bond donors (Lipinski definition) is 1. The summed E-state index contributed by atoms with van der Waals surface area (Å²) in [6.45, 7) is 2.20. The Balaban J connectivity index is 2.38. The molecule has 78 valence electrons. The standard InChI is InChI=1S/C11H13N3O/c1-9(4-5-12)11(15)14-8-10-3-2-6-13-7-10/h2-3,6-7,9H,4,8H2,1H3,(H,14,15). The highest BCUT2D eigenvalue weighted by molar-refractivity contribution is 5.78. The van der Waals surface area contributed by atoms with Crippen LogP contribution >= 0.6 is 0 Å². The molecule has 1 rings (SSSR count). The zero-order valence-corrected chi connectivity index (χ0v) is 8.60. The molecule has 4 heteroatoms. The first-order valence-corrected chi connectivity index (χ1v) is 4.77. The third-order valence-electron chi connectivity index (χ3n) is 2.03. The molecule has 0 aromatic carbocycles. The molecular formula is C11H13N3O. The van der Waals surface area contributed by atoms with E-state index in [9.17, 15) is 4.79 Å². The van der Waals surface area contributed by atoms with Crippen molar-refractivity contribution in [2.75, 3.05) is 0 Å². The minimum Gasteiger partial charge on any atom is -0.352 e. The molecule has 0 aliphatic rings. The molecule has 1 amide bonds. The van der Waals surface area contributed by atoms with Crippen LogP contribution in [-0.4, -0.2) is 10.9 Å². The highest BCUT2D eigenvalue weighted by atomic mass is 16.1. The van der Waals surface area contributed by atoms with Crippen molar-refractivity contribution in [2.45, 2.75) is 19.9 Å². The number of pyridine rings is 1. The predicted octanol–water partition coefficient (Wildman–Crippen LogP) is 1.25. The van der Waals surface area contributed by atoms with Gasteiger partial charge in [-0.3, -0.25) is 9.78 Å². The number of carbonyl (C=O) groups excluding carboxylic acids is 1. The molecule has 1 atom stereocenters. The number of hydrogen-bond acceptors (Lipinski definition) is 3. The highest BCUT2D eigenvalue weighted by Gasteiger charge is 2.11. The number of nitrogens with one attached hydrogen (secondary N) is 1. The van der Waals surface area contributed by atoms with Gasteiger partial charge in [-0.1, -0.05) is 13.0 Å². The number of nitrogens with zero attached hydrogens (tertiary/aromatic N) is 2. The van der Waals surface area contributed by atoms with Crippen molar-refractivity contribution in [1.29, 1.82) is 5.26 Å².